The molecule has 29 heavy (non-hydrogen) atoms. The van der Waals surface area contributed by atoms with Crippen molar-refractivity contribution in [3.05, 3.63) is 35.1 Å². The molecule has 3 N–H and O–H groups in total. The molecule has 1 aliphatic heterocycles. The number of aryl methyl sites for hydroxylation is 1. The molecule has 0 bridgehead atoms. The Hall–Kier alpha value is -1.42. The maximum atomic E-state index is 13.6. The van der Waals surface area contributed by atoms with Crippen LogP contribution in [0.1, 0.15) is 49.0 Å². The van der Waals surface area contributed by atoms with E-state index in [0.717, 1.165) is 19.6 Å². The summed E-state index contributed by atoms with van der Waals surface area (Å²) in [5.41, 5.74) is 0.913. The monoisotopic (exact) mass is 519 g/mol. The number of nitrogens with zero attached hydrogens (tertiary/aromatic N) is 2. The highest BCUT2D eigenvalue weighted by Gasteiger charge is 2.27. The number of hydrogen-bond donors (Lipinski definition) is 3. The molecule has 0 aliphatic carbocycles. The van der Waals surface area contributed by atoms with E-state index in [1.807, 2.05) is 0 Å². The van der Waals surface area contributed by atoms with Crippen molar-refractivity contribution in [2.45, 2.75) is 45.6 Å². The number of carbonyl (C=O) groups excluding carboxylic acids is 1. The van der Waals surface area contributed by atoms with Gasteiger partial charge in [-0.2, -0.15) is 0 Å². The summed E-state index contributed by atoms with van der Waals surface area (Å²) in [7, 11) is 1.73. The number of halogens is 2. The molecule has 6 nitrogen and oxygen atoms in total. The van der Waals surface area contributed by atoms with Crippen LogP contribution in [-0.4, -0.2) is 62.1 Å². The third kappa shape index (κ3) is 8.08. The number of hydrogen-bond acceptors (Lipinski definition) is 3. The first-order chi connectivity index (χ1) is 13.3. The molecule has 1 saturated heterocycles. The lowest BCUT2D eigenvalue weighted by atomic mass is 9.98. The van der Waals surface area contributed by atoms with E-state index in [9.17, 15) is 9.18 Å². The van der Waals surface area contributed by atoms with Gasteiger partial charge in [0.05, 0.1) is 0 Å². The fourth-order valence-corrected chi connectivity index (χ4v) is 3.32. The van der Waals surface area contributed by atoms with Crippen LogP contribution in [0.4, 0.5) is 4.39 Å². The second-order valence-electron chi connectivity index (χ2n) is 7.93. The zero-order chi connectivity index (χ0) is 20.6. The molecule has 1 aromatic rings. The predicted octanol–water partition coefficient (Wildman–Crippen LogP) is 2.91. The molecule has 1 aromatic carbocycles. The molecule has 0 radical (unpaired) electrons. The van der Waals surface area contributed by atoms with E-state index in [1.165, 1.54) is 25.3 Å². The Labute approximate surface area is 191 Å². The SMILES string of the molecule is CN=C(NCCNC(=O)c1ccc(C)c(F)c1)NCC(C)(C)N1CCCCC1.I. The Bertz CT molecular complexity index is 690. The maximum absolute atomic E-state index is 13.6. The molecule has 0 unspecified atom stereocenters. The number of carbonyl (C=O) groups is 1. The van der Waals surface area contributed by atoms with Crippen molar-refractivity contribution in [3.8, 4) is 0 Å². The minimum Gasteiger partial charge on any atom is -0.355 e. The van der Waals surface area contributed by atoms with Crippen molar-refractivity contribution < 1.29 is 9.18 Å². The van der Waals surface area contributed by atoms with Crippen molar-refractivity contribution in [2.75, 3.05) is 39.8 Å². The molecule has 0 aromatic heterocycles. The number of benzene rings is 1. The first kappa shape index (κ1) is 25.6. The Morgan fingerprint density at radius 3 is 2.41 bits per heavy atom. The zero-order valence-electron chi connectivity index (χ0n) is 18.0. The topological polar surface area (TPSA) is 68.8 Å². The lowest BCUT2D eigenvalue weighted by molar-refractivity contribution is 0.0954. The smallest absolute Gasteiger partial charge is 0.251 e. The fourth-order valence-electron chi connectivity index (χ4n) is 3.32. The van der Waals surface area contributed by atoms with Crippen molar-refractivity contribution in [1.82, 2.24) is 20.9 Å². The van der Waals surface area contributed by atoms with E-state index in [0.29, 0.717) is 30.2 Å². The number of nitrogens with one attached hydrogen (secondary N) is 3. The van der Waals surface area contributed by atoms with Crippen molar-refractivity contribution >= 4 is 35.8 Å². The summed E-state index contributed by atoms with van der Waals surface area (Å²) < 4.78 is 13.6. The average Bonchev–Trinajstić information content (AvgIpc) is 2.70. The van der Waals surface area contributed by atoms with Gasteiger partial charge < -0.3 is 16.0 Å². The van der Waals surface area contributed by atoms with E-state index in [4.69, 9.17) is 0 Å². The van der Waals surface area contributed by atoms with Gasteiger partial charge in [-0.05, 0) is 64.4 Å². The summed E-state index contributed by atoms with van der Waals surface area (Å²) >= 11 is 0. The molecule has 8 heteroatoms. The summed E-state index contributed by atoms with van der Waals surface area (Å²) in [5, 5.41) is 9.37. The number of amides is 1. The summed E-state index contributed by atoms with van der Waals surface area (Å²) in [6.45, 7) is 10.2. The molecule has 0 spiro atoms. The molecule has 1 amide bonds. The Balaban J connectivity index is 0.00000420. The van der Waals surface area contributed by atoms with E-state index < -0.39 is 0 Å². The maximum Gasteiger partial charge on any atom is 0.251 e. The van der Waals surface area contributed by atoms with E-state index >= 15 is 0 Å². The molecule has 1 fully saturated rings. The molecule has 0 atom stereocenters. The lowest BCUT2D eigenvalue weighted by Gasteiger charge is -2.41. The van der Waals surface area contributed by atoms with Crippen molar-refractivity contribution in [3.63, 3.8) is 0 Å². The second-order valence-corrected chi connectivity index (χ2v) is 7.93. The van der Waals surface area contributed by atoms with Crippen molar-refractivity contribution in [2.24, 2.45) is 4.99 Å². The van der Waals surface area contributed by atoms with Crippen LogP contribution in [0.25, 0.3) is 0 Å². The van der Waals surface area contributed by atoms with Crippen LogP contribution in [-0.2, 0) is 0 Å². The van der Waals surface area contributed by atoms with Gasteiger partial charge in [0.1, 0.15) is 5.82 Å². The summed E-state index contributed by atoms with van der Waals surface area (Å²) in [6, 6.07) is 4.50. The van der Waals surface area contributed by atoms with E-state index in [-0.39, 0.29) is 41.2 Å². The zero-order valence-corrected chi connectivity index (χ0v) is 20.3. The first-order valence-electron chi connectivity index (χ1n) is 10.1. The molecule has 164 valence electrons. The molecular formula is C21H35FIN5O. The Morgan fingerprint density at radius 2 is 1.79 bits per heavy atom. The van der Waals surface area contributed by atoms with Gasteiger partial charge in [0.2, 0.25) is 0 Å². The number of piperidine rings is 1. The molecule has 0 saturated carbocycles. The number of likely N-dealkylation sites (tertiary alicyclic amines) is 1. The Kier molecular flexibility index (Phi) is 10.9. The van der Waals surface area contributed by atoms with Crippen LogP contribution in [0, 0.1) is 12.7 Å². The Morgan fingerprint density at radius 1 is 1.14 bits per heavy atom. The fraction of sp³-hybridized carbons (Fsp3) is 0.619. The van der Waals surface area contributed by atoms with Gasteiger partial charge in [-0.3, -0.25) is 14.7 Å². The summed E-state index contributed by atoms with van der Waals surface area (Å²) in [4.78, 5) is 18.9. The van der Waals surface area contributed by atoms with Gasteiger partial charge in [0.15, 0.2) is 5.96 Å². The highest BCUT2D eigenvalue weighted by molar-refractivity contribution is 14.0. The van der Waals surface area contributed by atoms with E-state index in [1.54, 1.807) is 26.1 Å². The van der Waals surface area contributed by atoms with Crippen LogP contribution in [0.3, 0.4) is 0 Å². The van der Waals surface area contributed by atoms with Gasteiger partial charge >= 0.3 is 0 Å². The van der Waals surface area contributed by atoms with Crippen molar-refractivity contribution in [1.29, 1.82) is 0 Å². The highest BCUT2D eigenvalue weighted by Crippen LogP contribution is 2.19. The quantitative estimate of drug-likeness (QED) is 0.224. The first-order valence-corrected chi connectivity index (χ1v) is 10.1. The largest absolute Gasteiger partial charge is 0.355 e. The number of guanidine groups is 1. The minimum absolute atomic E-state index is 0. The van der Waals surface area contributed by atoms with Crippen LogP contribution in [0.5, 0.6) is 0 Å². The number of rotatable bonds is 7. The highest BCUT2D eigenvalue weighted by atomic mass is 127. The third-order valence-corrected chi connectivity index (χ3v) is 5.26. The average molecular weight is 519 g/mol. The molecular weight excluding hydrogens is 484 g/mol. The predicted molar refractivity (Wildman–Crippen MR) is 128 cm³/mol. The summed E-state index contributed by atoms with van der Waals surface area (Å²) in [6.07, 6.45) is 3.85. The van der Waals surface area contributed by atoms with Crippen LogP contribution < -0.4 is 16.0 Å². The third-order valence-electron chi connectivity index (χ3n) is 5.26. The van der Waals surface area contributed by atoms with Crippen LogP contribution in [0.15, 0.2) is 23.2 Å². The normalized spacial score (nSPS) is 15.4. The van der Waals surface area contributed by atoms with Crippen LogP contribution >= 0.6 is 24.0 Å². The standard InChI is InChI=1S/C21H34FN5O.HI/c1-16-8-9-17(14-18(16)22)19(28)24-10-11-25-20(23-4)26-15-21(2,3)27-12-6-5-7-13-27;/h8-9,14H,5-7,10-13,15H2,1-4H3,(H,24,28)(H2,23,25,26);1H. The minimum atomic E-state index is -0.369. The molecule has 1 aliphatic rings. The van der Waals surface area contributed by atoms with Gasteiger partial charge in [0, 0.05) is 37.8 Å². The molecule has 1 heterocycles. The van der Waals surface area contributed by atoms with Gasteiger partial charge in [0.25, 0.3) is 5.91 Å². The van der Waals surface area contributed by atoms with E-state index in [2.05, 4.69) is 39.7 Å². The van der Waals surface area contributed by atoms with Gasteiger partial charge in [-0.1, -0.05) is 12.5 Å². The number of aliphatic imine (C=N–C) groups is 1. The van der Waals surface area contributed by atoms with Crippen LogP contribution in [0.2, 0.25) is 0 Å². The lowest BCUT2D eigenvalue weighted by Crippen LogP contribution is -2.55. The van der Waals surface area contributed by atoms with Gasteiger partial charge in [-0.15, -0.1) is 24.0 Å². The molecule has 2 rings (SSSR count). The summed E-state index contributed by atoms with van der Waals surface area (Å²) in [5.74, 6) is 0.0577. The second kappa shape index (κ2) is 12.3. The van der Waals surface area contributed by atoms with Gasteiger partial charge in [-0.25, -0.2) is 4.39 Å².